The summed E-state index contributed by atoms with van der Waals surface area (Å²) < 4.78 is 0. The maximum Gasteiger partial charge on any atom is 0.0929 e. The topological polar surface area (TPSA) is 54.7 Å². The van der Waals surface area contributed by atoms with Gasteiger partial charge >= 0.3 is 0 Å². The molecule has 3 heteroatoms. The molecule has 1 aromatic heterocycles. The van der Waals surface area contributed by atoms with Crippen molar-refractivity contribution >= 4 is 0 Å². The zero-order valence-corrected chi connectivity index (χ0v) is 11.9. The van der Waals surface area contributed by atoms with Crippen molar-refractivity contribution in [3.05, 3.63) is 41.9 Å². The van der Waals surface area contributed by atoms with Crippen LogP contribution in [0.4, 0.5) is 0 Å². The van der Waals surface area contributed by atoms with Crippen LogP contribution in [-0.2, 0) is 6.42 Å². The van der Waals surface area contributed by atoms with Crippen molar-refractivity contribution in [3.63, 3.8) is 0 Å². The van der Waals surface area contributed by atoms with E-state index in [1.165, 1.54) is 43.2 Å². The molecule has 0 bridgehead atoms. The summed E-state index contributed by atoms with van der Waals surface area (Å²) in [7, 11) is 0. The molecule has 1 aromatic carbocycles. The monoisotopic (exact) mass is 269 g/mol. The van der Waals surface area contributed by atoms with Gasteiger partial charge in [-0.15, -0.1) is 0 Å². The van der Waals surface area contributed by atoms with Gasteiger partial charge in [-0.05, 0) is 30.9 Å². The molecule has 3 N–H and O–H groups in total. The van der Waals surface area contributed by atoms with Gasteiger partial charge in [-0.25, -0.2) is 4.98 Å². The predicted octanol–water partition coefficient (Wildman–Crippen LogP) is 3.63. The molecular formula is C17H23N3. The predicted molar refractivity (Wildman–Crippen MR) is 82.6 cm³/mol. The summed E-state index contributed by atoms with van der Waals surface area (Å²) in [5, 5.41) is 0. The van der Waals surface area contributed by atoms with E-state index in [4.69, 9.17) is 5.73 Å². The van der Waals surface area contributed by atoms with Gasteiger partial charge < -0.3 is 10.7 Å². The second kappa shape index (κ2) is 6.23. The van der Waals surface area contributed by atoms with Crippen LogP contribution >= 0.6 is 0 Å². The number of H-pyrrole nitrogens is 1. The minimum Gasteiger partial charge on any atom is -0.348 e. The van der Waals surface area contributed by atoms with E-state index >= 15 is 0 Å². The third-order valence-electron chi connectivity index (χ3n) is 4.37. The minimum atomic E-state index is 0.648. The average molecular weight is 269 g/mol. The van der Waals surface area contributed by atoms with E-state index < -0.39 is 0 Å². The molecular weight excluding hydrogens is 246 g/mol. The van der Waals surface area contributed by atoms with Crippen LogP contribution in [0.3, 0.4) is 0 Å². The van der Waals surface area contributed by atoms with Crippen LogP contribution in [0.1, 0.15) is 49.3 Å². The molecule has 1 aliphatic carbocycles. The van der Waals surface area contributed by atoms with Crippen molar-refractivity contribution in [1.82, 2.24) is 9.97 Å². The number of nitrogens with two attached hydrogens (primary N) is 1. The molecule has 3 rings (SSSR count). The lowest BCUT2D eigenvalue weighted by Gasteiger charge is -2.22. The number of rotatable bonds is 4. The molecule has 20 heavy (non-hydrogen) atoms. The van der Waals surface area contributed by atoms with Gasteiger partial charge in [0.15, 0.2) is 0 Å². The number of imidazole rings is 1. The van der Waals surface area contributed by atoms with E-state index in [1.807, 2.05) is 0 Å². The average Bonchev–Trinajstić information content (AvgIpc) is 2.97. The molecule has 0 unspecified atom stereocenters. The lowest BCUT2D eigenvalue weighted by Crippen LogP contribution is -2.05. The Bertz CT molecular complexity index is 536. The first kappa shape index (κ1) is 13.4. The minimum absolute atomic E-state index is 0.648. The van der Waals surface area contributed by atoms with Crippen molar-refractivity contribution in [2.75, 3.05) is 6.54 Å². The molecule has 0 saturated heterocycles. The highest BCUT2D eigenvalue weighted by molar-refractivity contribution is 5.62. The van der Waals surface area contributed by atoms with Crippen molar-refractivity contribution in [2.45, 2.75) is 44.4 Å². The Kier molecular flexibility index (Phi) is 4.16. The number of hydrogen-bond acceptors (Lipinski definition) is 2. The standard InChI is InChI=1S/C17H23N3/c18-11-10-16-17(20-12-19-16)15-8-6-14(7-9-15)13-4-2-1-3-5-13/h6-9,12-13H,1-5,10-11,18H2,(H,19,20). The number of nitrogens with one attached hydrogen (secondary N) is 1. The molecule has 0 amide bonds. The second-order valence-electron chi connectivity index (χ2n) is 5.73. The van der Waals surface area contributed by atoms with E-state index in [0.717, 1.165) is 23.7 Å². The van der Waals surface area contributed by atoms with Gasteiger partial charge in [0.1, 0.15) is 0 Å². The summed E-state index contributed by atoms with van der Waals surface area (Å²) in [6.07, 6.45) is 9.47. The first-order chi connectivity index (χ1) is 9.88. The molecule has 106 valence electrons. The Morgan fingerprint density at radius 3 is 2.55 bits per heavy atom. The summed E-state index contributed by atoms with van der Waals surface area (Å²) >= 11 is 0. The number of aromatic amines is 1. The SMILES string of the molecule is NCCc1[nH]cnc1-c1ccc(C2CCCCC2)cc1. The summed E-state index contributed by atoms with van der Waals surface area (Å²) in [5.74, 6) is 0.764. The van der Waals surface area contributed by atoms with Crippen molar-refractivity contribution in [3.8, 4) is 11.3 Å². The van der Waals surface area contributed by atoms with E-state index in [1.54, 1.807) is 6.33 Å². The Balaban J connectivity index is 1.79. The number of benzene rings is 1. The lowest BCUT2D eigenvalue weighted by molar-refractivity contribution is 0.443. The van der Waals surface area contributed by atoms with Gasteiger partial charge in [0.2, 0.25) is 0 Å². The lowest BCUT2D eigenvalue weighted by atomic mass is 9.84. The Labute approximate surface area is 120 Å². The van der Waals surface area contributed by atoms with Gasteiger partial charge in [-0.1, -0.05) is 43.5 Å². The second-order valence-corrected chi connectivity index (χ2v) is 5.73. The molecule has 0 atom stereocenters. The highest BCUT2D eigenvalue weighted by atomic mass is 14.9. The van der Waals surface area contributed by atoms with Gasteiger partial charge in [0, 0.05) is 17.7 Å². The van der Waals surface area contributed by atoms with Gasteiger partial charge in [0.25, 0.3) is 0 Å². The van der Waals surface area contributed by atoms with Crippen LogP contribution in [0.5, 0.6) is 0 Å². The summed E-state index contributed by atoms with van der Waals surface area (Å²) in [5.41, 5.74) is 10.5. The van der Waals surface area contributed by atoms with Gasteiger partial charge in [-0.2, -0.15) is 0 Å². The van der Waals surface area contributed by atoms with Crippen molar-refractivity contribution < 1.29 is 0 Å². The molecule has 1 heterocycles. The molecule has 1 saturated carbocycles. The van der Waals surface area contributed by atoms with Crippen LogP contribution in [0.2, 0.25) is 0 Å². The van der Waals surface area contributed by atoms with E-state index in [-0.39, 0.29) is 0 Å². The molecule has 1 aliphatic rings. The smallest absolute Gasteiger partial charge is 0.0929 e. The Hall–Kier alpha value is -1.61. The number of nitrogens with zero attached hydrogens (tertiary/aromatic N) is 1. The molecule has 0 radical (unpaired) electrons. The highest BCUT2D eigenvalue weighted by Crippen LogP contribution is 2.33. The Morgan fingerprint density at radius 1 is 1.10 bits per heavy atom. The fraction of sp³-hybridized carbons (Fsp3) is 0.471. The van der Waals surface area contributed by atoms with Crippen LogP contribution < -0.4 is 5.73 Å². The Morgan fingerprint density at radius 2 is 1.85 bits per heavy atom. The van der Waals surface area contributed by atoms with Crippen LogP contribution in [-0.4, -0.2) is 16.5 Å². The third-order valence-corrected chi connectivity index (χ3v) is 4.37. The fourth-order valence-electron chi connectivity index (χ4n) is 3.25. The first-order valence-electron chi connectivity index (χ1n) is 7.71. The zero-order valence-electron chi connectivity index (χ0n) is 11.9. The summed E-state index contributed by atoms with van der Waals surface area (Å²) in [6.45, 7) is 0.648. The van der Waals surface area contributed by atoms with E-state index in [9.17, 15) is 0 Å². The highest BCUT2D eigenvalue weighted by Gasteiger charge is 2.15. The molecule has 1 fully saturated rings. The van der Waals surface area contributed by atoms with Crippen LogP contribution in [0.15, 0.2) is 30.6 Å². The third kappa shape index (κ3) is 2.78. The number of hydrogen-bond donors (Lipinski definition) is 2. The zero-order chi connectivity index (χ0) is 13.8. The maximum atomic E-state index is 5.64. The molecule has 3 nitrogen and oxygen atoms in total. The number of aromatic nitrogens is 2. The summed E-state index contributed by atoms with van der Waals surface area (Å²) in [4.78, 5) is 7.63. The maximum absolute atomic E-state index is 5.64. The van der Waals surface area contributed by atoms with Crippen LogP contribution in [0.25, 0.3) is 11.3 Å². The quantitative estimate of drug-likeness (QED) is 0.890. The first-order valence-corrected chi connectivity index (χ1v) is 7.71. The normalized spacial score (nSPS) is 16.4. The van der Waals surface area contributed by atoms with E-state index in [2.05, 4.69) is 34.2 Å². The fourth-order valence-corrected chi connectivity index (χ4v) is 3.25. The molecule has 2 aromatic rings. The van der Waals surface area contributed by atoms with Gasteiger partial charge in [0.05, 0.1) is 12.0 Å². The molecule has 0 spiro atoms. The van der Waals surface area contributed by atoms with Gasteiger partial charge in [-0.3, -0.25) is 0 Å². The summed E-state index contributed by atoms with van der Waals surface area (Å²) in [6, 6.07) is 8.98. The largest absolute Gasteiger partial charge is 0.348 e. The van der Waals surface area contributed by atoms with Crippen molar-refractivity contribution in [1.29, 1.82) is 0 Å². The van der Waals surface area contributed by atoms with E-state index in [0.29, 0.717) is 6.54 Å². The van der Waals surface area contributed by atoms with Crippen LogP contribution in [0, 0.1) is 0 Å². The van der Waals surface area contributed by atoms with Crippen molar-refractivity contribution in [2.24, 2.45) is 5.73 Å². The molecule has 0 aliphatic heterocycles.